The molecule has 1 atom stereocenters. The highest BCUT2D eigenvalue weighted by Crippen LogP contribution is 2.33. The lowest BCUT2D eigenvalue weighted by molar-refractivity contribution is -0.147. The molecule has 1 rings (SSSR count). The number of hydrogen-bond donors (Lipinski definition) is 1. The fourth-order valence-corrected chi connectivity index (χ4v) is 1.78. The molecule has 0 aromatic heterocycles. The van der Waals surface area contributed by atoms with Crippen molar-refractivity contribution in [3.63, 3.8) is 0 Å². The van der Waals surface area contributed by atoms with E-state index >= 15 is 0 Å². The molecule has 1 unspecified atom stereocenters. The van der Waals surface area contributed by atoms with Crippen molar-refractivity contribution in [1.82, 2.24) is 4.90 Å². The van der Waals surface area contributed by atoms with Crippen LogP contribution in [0.5, 0.6) is 0 Å². The van der Waals surface area contributed by atoms with Crippen LogP contribution in [-0.2, 0) is 9.53 Å². The SMILES string of the molecule is CC1=CN(C(=O)OC(C)(C)C)C(C)(C(=O)O)C1. The van der Waals surface area contributed by atoms with Gasteiger partial charge in [-0.2, -0.15) is 0 Å². The summed E-state index contributed by atoms with van der Waals surface area (Å²) >= 11 is 0. The minimum Gasteiger partial charge on any atom is -0.479 e. The van der Waals surface area contributed by atoms with Crippen molar-refractivity contribution >= 4 is 12.1 Å². The second kappa shape index (κ2) is 4.05. The monoisotopic (exact) mass is 241 g/mol. The van der Waals surface area contributed by atoms with Crippen LogP contribution in [0.2, 0.25) is 0 Å². The third-order valence-corrected chi connectivity index (χ3v) is 2.56. The van der Waals surface area contributed by atoms with Crippen LogP contribution in [0.4, 0.5) is 4.79 Å². The zero-order valence-corrected chi connectivity index (χ0v) is 10.9. The summed E-state index contributed by atoms with van der Waals surface area (Å²) in [4.78, 5) is 24.4. The highest BCUT2D eigenvalue weighted by atomic mass is 16.6. The van der Waals surface area contributed by atoms with Gasteiger partial charge in [0.05, 0.1) is 0 Å². The van der Waals surface area contributed by atoms with Crippen LogP contribution in [0.3, 0.4) is 0 Å². The molecule has 1 aliphatic heterocycles. The van der Waals surface area contributed by atoms with Gasteiger partial charge in [-0.1, -0.05) is 5.57 Å². The van der Waals surface area contributed by atoms with Crippen LogP contribution in [0.15, 0.2) is 11.8 Å². The first-order valence-corrected chi connectivity index (χ1v) is 5.49. The van der Waals surface area contributed by atoms with Crippen LogP contribution < -0.4 is 0 Å². The lowest BCUT2D eigenvalue weighted by Crippen LogP contribution is -2.51. The number of carboxylic acid groups (broad SMARTS) is 1. The molecule has 0 aliphatic carbocycles. The Morgan fingerprint density at radius 3 is 2.41 bits per heavy atom. The summed E-state index contributed by atoms with van der Waals surface area (Å²) in [5.41, 5.74) is -1.03. The maximum Gasteiger partial charge on any atom is 0.415 e. The first kappa shape index (κ1) is 13.5. The van der Waals surface area contributed by atoms with Gasteiger partial charge in [-0.25, -0.2) is 9.59 Å². The van der Waals surface area contributed by atoms with Crippen molar-refractivity contribution in [2.75, 3.05) is 0 Å². The van der Waals surface area contributed by atoms with Crippen LogP contribution >= 0.6 is 0 Å². The second-order valence-electron chi connectivity index (χ2n) is 5.58. The standard InChI is InChI=1S/C12H19NO4/c1-8-6-12(5,9(14)15)13(7-8)10(16)17-11(2,3)4/h7H,6H2,1-5H3,(H,14,15). The fraction of sp³-hybridized carbons (Fsp3) is 0.667. The number of hydrogen-bond acceptors (Lipinski definition) is 3. The fourth-order valence-electron chi connectivity index (χ4n) is 1.78. The average Bonchev–Trinajstić information content (AvgIpc) is 2.40. The Labute approximate surface area is 101 Å². The first-order chi connectivity index (χ1) is 7.56. The topological polar surface area (TPSA) is 66.8 Å². The summed E-state index contributed by atoms with van der Waals surface area (Å²) < 4.78 is 5.19. The highest BCUT2D eigenvalue weighted by molar-refractivity contribution is 5.86. The normalized spacial score (nSPS) is 24.5. The summed E-state index contributed by atoms with van der Waals surface area (Å²) in [5, 5.41) is 9.23. The predicted octanol–water partition coefficient (Wildman–Crippen LogP) is 2.37. The van der Waals surface area contributed by atoms with Gasteiger partial charge in [0.2, 0.25) is 0 Å². The van der Waals surface area contributed by atoms with Crippen molar-refractivity contribution in [1.29, 1.82) is 0 Å². The van der Waals surface area contributed by atoms with E-state index in [1.54, 1.807) is 33.9 Å². The third-order valence-electron chi connectivity index (χ3n) is 2.56. The van der Waals surface area contributed by atoms with Crippen LogP contribution in [0.25, 0.3) is 0 Å². The molecule has 0 aromatic carbocycles. The molecule has 0 fully saturated rings. The molecule has 0 spiro atoms. The van der Waals surface area contributed by atoms with Gasteiger partial charge in [-0.3, -0.25) is 4.90 Å². The van der Waals surface area contributed by atoms with Gasteiger partial charge in [-0.05, 0) is 34.6 Å². The molecule has 5 heteroatoms. The van der Waals surface area contributed by atoms with Crippen molar-refractivity contribution in [3.05, 3.63) is 11.8 Å². The predicted molar refractivity (Wildman–Crippen MR) is 62.5 cm³/mol. The Morgan fingerprint density at radius 2 is 2.00 bits per heavy atom. The van der Waals surface area contributed by atoms with E-state index in [2.05, 4.69) is 0 Å². The molecule has 0 radical (unpaired) electrons. The first-order valence-electron chi connectivity index (χ1n) is 5.49. The number of carbonyl (C=O) groups excluding carboxylic acids is 1. The summed E-state index contributed by atoms with van der Waals surface area (Å²) in [6, 6.07) is 0. The molecule has 1 aliphatic rings. The molecule has 1 N–H and O–H groups in total. The molecule has 5 nitrogen and oxygen atoms in total. The Bertz CT molecular complexity index is 380. The highest BCUT2D eigenvalue weighted by Gasteiger charge is 2.46. The zero-order valence-electron chi connectivity index (χ0n) is 10.9. The van der Waals surface area contributed by atoms with Crippen LogP contribution in [-0.4, -0.2) is 33.2 Å². The van der Waals surface area contributed by atoms with E-state index < -0.39 is 23.2 Å². The molecular weight excluding hydrogens is 222 g/mol. The van der Waals surface area contributed by atoms with Gasteiger partial charge < -0.3 is 9.84 Å². The number of ether oxygens (including phenoxy) is 1. The van der Waals surface area contributed by atoms with E-state index in [1.165, 1.54) is 6.92 Å². The Balaban J connectivity index is 2.95. The van der Waals surface area contributed by atoms with Crippen molar-refractivity contribution in [2.45, 2.75) is 52.2 Å². The second-order valence-corrected chi connectivity index (χ2v) is 5.58. The number of carboxylic acids is 1. The smallest absolute Gasteiger partial charge is 0.415 e. The number of rotatable bonds is 1. The molecule has 96 valence electrons. The van der Waals surface area contributed by atoms with Gasteiger partial charge in [0.25, 0.3) is 0 Å². The van der Waals surface area contributed by atoms with E-state index in [9.17, 15) is 14.7 Å². The summed E-state index contributed by atoms with van der Waals surface area (Å²) in [6.45, 7) is 8.55. The Kier molecular flexibility index (Phi) is 3.23. The van der Waals surface area contributed by atoms with Gasteiger partial charge in [0.1, 0.15) is 11.1 Å². The summed E-state index contributed by atoms with van der Waals surface area (Å²) in [5.74, 6) is -1.03. The number of amides is 1. The molecule has 17 heavy (non-hydrogen) atoms. The quantitative estimate of drug-likeness (QED) is 0.765. The molecule has 1 heterocycles. The van der Waals surface area contributed by atoms with Crippen molar-refractivity contribution < 1.29 is 19.4 Å². The maximum atomic E-state index is 11.9. The third kappa shape index (κ3) is 2.78. The van der Waals surface area contributed by atoms with E-state index in [0.717, 1.165) is 10.5 Å². The summed E-state index contributed by atoms with van der Waals surface area (Å²) in [7, 11) is 0. The summed E-state index contributed by atoms with van der Waals surface area (Å²) in [6.07, 6.45) is 1.24. The average molecular weight is 241 g/mol. The molecule has 0 aromatic rings. The van der Waals surface area contributed by atoms with E-state index in [1.807, 2.05) is 0 Å². The van der Waals surface area contributed by atoms with Gasteiger partial charge in [0, 0.05) is 12.6 Å². The largest absolute Gasteiger partial charge is 0.479 e. The van der Waals surface area contributed by atoms with Gasteiger partial charge in [-0.15, -0.1) is 0 Å². The lowest BCUT2D eigenvalue weighted by Gasteiger charge is -2.32. The Hall–Kier alpha value is -1.52. The molecule has 0 saturated carbocycles. The van der Waals surface area contributed by atoms with Gasteiger partial charge in [0.15, 0.2) is 0 Å². The number of carbonyl (C=O) groups is 2. The minimum atomic E-state index is -1.24. The van der Waals surface area contributed by atoms with Crippen LogP contribution in [0, 0.1) is 0 Å². The molecule has 1 amide bonds. The van der Waals surface area contributed by atoms with Crippen molar-refractivity contribution in [3.8, 4) is 0 Å². The number of aliphatic carboxylic acids is 1. The Morgan fingerprint density at radius 1 is 1.47 bits per heavy atom. The van der Waals surface area contributed by atoms with Crippen LogP contribution in [0.1, 0.15) is 41.0 Å². The minimum absolute atomic E-state index is 0.321. The van der Waals surface area contributed by atoms with E-state index in [0.29, 0.717) is 6.42 Å². The maximum absolute atomic E-state index is 11.9. The van der Waals surface area contributed by atoms with Crippen molar-refractivity contribution in [2.24, 2.45) is 0 Å². The molecular formula is C12H19NO4. The van der Waals surface area contributed by atoms with E-state index in [-0.39, 0.29) is 0 Å². The van der Waals surface area contributed by atoms with E-state index in [4.69, 9.17) is 4.74 Å². The molecule has 0 bridgehead atoms. The van der Waals surface area contributed by atoms with Gasteiger partial charge >= 0.3 is 12.1 Å². The molecule has 0 saturated heterocycles. The number of nitrogens with zero attached hydrogens (tertiary/aromatic N) is 1. The zero-order chi connectivity index (χ0) is 13.4. The lowest BCUT2D eigenvalue weighted by atomic mass is 9.97.